The lowest BCUT2D eigenvalue weighted by Gasteiger charge is -2.22. The van der Waals surface area contributed by atoms with Crippen molar-refractivity contribution < 1.29 is 9.90 Å². The van der Waals surface area contributed by atoms with Crippen LogP contribution in [0.4, 0.5) is 0 Å². The van der Waals surface area contributed by atoms with Crippen LogP contribution in [0.2, 0.25) is 0 Å². The van der Waals surface area contributed by atoms with E-state index >= 15 is 0 Å². The van der Waals surface area contributed by atoms with Crippen LogP contribution in [0.3, 0.4) is 0 Å². The number of hydrogen-bond donors (Lipinski definition) is 1. The average Bonchev–Trinajstić information content (AvgIpc) is 2.54. The summed E-state index contributed by atoms with van der Waals surface area (Å²) >= 11 is 0. The molecule has 1 aromatic rings. The van der Waals surface area contributed by atoms with E-state index in [2.05, 4.69) is 5.10 Å². The summed E-state index contributed by atoms with van der Waals surface area (Å²) in [6.45, 7) is 2.01. The van der Waals surface area contributed by atoms with Crippen LogP contribution < -0.4 is 0 Å². The molecule has 0 bridgehead atoms. The van der Waals surface area contributed by atoms with E-state index in [-0.39, 0.29) is 6.42 Å². The molecule has 1 aliphatic rings. The van der Waals surface area contributed by atoms with Gasteiger partial charge in [0.25, 0.3) is 0 Å². The molecule has 17 heavy (non-hydrogen) atoms. The second-order valence-electron chi connectivity index (χ2n) is 4.99. The number of aryl methyl sites for hydroxylation is 1. The zero-order valence-corrected chi connectivity index (χ0v) is 10.6. The van der Waals surface area contributed by atoms with E-state index in [9.17, 15) is 4.79 Å². The van der Waals surface area contributed by atoms with Gasteiger partial charge in [-0.25, -0.2) is 0 Å². The van der Waals surface area contributed by atoms with Crippen molar-refractivity contribution in [2.75, 3.05) is 0 Å². The van der Waals surface area contributed by atoms with E-state index in [4.69, 9.17) is 5.11 Å². The molecule has 1 N–H and O–H groups in total. The van der Waals surface area contributed by atoms with E-state index < -0.39 is 5.97 Å². The van der Waals surface area contributed by atoms with Gasteiger partial charge in [-0.15, -0.1) is 0 Å². The summed E-state index contributed by atoms with van der Waals surface area (Å²) in [6.07, 6.45) is 6.36. The lowest BCUT2D eigenvalue weighted by atomic mass is 9.85. The van der Waals surface area contributed by atoms with Crippen molar-refractivity contribution in [1.29, 1.82) is 0 Å². The molecule has 1 heterocycles. The summed E-state index contributed by atoms with van der Waals surface area (Å²) in [6, 6.07) is 0. The Morgan fingerprint density at radius 3 is 2.65 bits per heavy atom. The van der Waals surface area contributed by atoms with Crippen LogP contribution in [0.5, 0.6) is 0 Å². The summed E-state index contributed by atoms with van der Waals surface area (Å²) in [4.78, 5) is 10.8. The smallest absolute Gasteiger partial charge is 0.309 e. The number of carboxylic acids is 1. The number of carboxylic acid groups (broad SMARTS) is 1. The summed E-state index contributed by atoms with van der Waals surface area (Å²) in [5, 5.41) is 13.2. The second-order valence-corrected chi connectivity index (χ2v) is 4.99. The van der Waals surface area contributed by atoms with Crippen molar-refractivity contribution in [2.45, 2.75) is 51.4 Å². The second kappa shape index (κ2) is 4.90. The highest BCUT2D eigenvalue weighted by atomic mass is 16.4. The number of nitrogens with zero attached hydrogens (tertiary/aromatic N) is 2. The van der Waals surface area contributed by atoms with Gasteiger partial charge in [0.05, 0.1) is 12.1 Å². The molecule has 0 aliphatic heterocycles. The first-order valence-corrected chi connectivity index (χ1v) is 6.33. The molecule has 4 nitrogen and oxygen atoms in total. The minimum atomic E-state index is -0.804. The summed E-state index contributed by atoms with van der Waals surface area (Å²) in [5.74, 6) is -0.231. The van der Waals surface area contributed by atoms with Crippen molar-refractivity contribution in [3.8, 4) is 0 Å². The molecule has 0 saturated heterocycles. The first-order chi connectivity index (χ1) is 8.09. The molecular formula is C13H20N2O2. The topological polar surface area (TPSA) is 55.1 Å². The molecule has 1 saturated carbocycles. The normalized spacial score (nSPS) is 17.3. The third-order valence-corrected chi connectivity index (χ3v) is 3.75. The zero-order valence-electron chi connectivity index (χ0n) is 10.6. The van der Waals surface area contributed by atoms with Gasteiger partial charge in [0, 0.05) is 18.7 Å². The highest BCUT2D eigenvalue weighted by Crippen LogP contribution is 2.34. The first kappa shape index (κ1) is 12.1. The van der Waals surface area contributed by atoms with Gasteiger partial charge in [-0.1, -0.05) is 19.3 Å². The summed E-state index contributed by atoms with van der Waals surface area (Å²) in [5.41, 5.74) is 3.06. The van der Waals surface area contributed by atoms with Gasteiger partial charge >= 0.3 is 5.97 Å². The lowest BCUT2D eigenvalue weighted by Crippen LogP contribution is -2.10. The van der Waals surface area contributed by atoms with Crippen LogP contribution in [-0.4, -0.2) is 20.9 Å². The van der Waals surface area contributed by atoms with Crippen LogP contribution in [0, 0.1) is 6.92 Å². The summed E-state index contributed by atoms with van der Waals surface area (Å²) < 4.78 is 1.89. The Hall–Kier alpha value is -1.32. The largest absolute Gasteiger partial charge is 0.481 e. The number of aliphatic carboxylic acids is 1. The number of aromatic nitrogens is 2. The fourth-order valence-electron chi connectivity index (χ4n) is 2.96. The van der Waals surface area contributed by atoms with Crippen LogP contribution in [0.15, 0.2) is 0 Å². The van der Waals surface area contributed by atoms with Crippen molar-refractivity contribution in [1.82, 2.24) is 9.78 Å². The molecule has 0 atom stereocenters. The van der Waals surface area contributed by atoms with Crippen molar-refractivity contribution in [2.24, 2.45) is 7.05 Å². The number of hydrogen-bond acceptors (Lipinski definition) is 2. The first-order valence-electron chi connectivity index (χ1n) is 6.33. The molecule has 0 aromatic carbocycles. The zero-order chi connectivity index (χ0) is 12.4. The lowest BCUT2D eigenvalue weighted by molar-refractivity contribution is -0.136. The molecule has 2 rings (SSSR count). The van der Waals surface area contributed by atoms with Crippen LogP contribution >= 0.6 is 0 Å². The average molecular weight is 236 g/mol. The predicted octanol–water partition coefficient (Wildman–Crippen LogP) is 2.40. The third kappa shape index (κ3) is 2.51. The molecule has 0 unspecified atom stereocenters. The molecule has 0 amide bonds. The van der Waals surface area contributed by atoms with Crippen LogP contribution in [0.25, 0.3) is 0 Å². The van der Waals surface area contributed by atoms with E-state index in [1.165, 1.54) is 37.8 Å². The van der Waals surface area contributed by atoms with Gasteiger partial charge < -0.3 is 5.11 Å². The highest BCUT2D eigenvalue weighted by molar-refractivity contribution is 5.70. The monoisotopic (exact) mass is 236 g/mol. The molecule has 4 heteroatoms. The SMILES string of the molecule is Cc1c(CC(=O)O)nn(C)c1C1CCCCC1. The minimum absolute atomic E-state index is 0.0341. The van der Waals surface area contributed by atoms with E-state index in [1.807, 2.05) is 18.7 Å². The fourth-order valence-corrected chi connectivity index (χ4v) is 2.96. The standard InChI is InChI=1S/C13H20N2O2/c1-9-11(8-12(16)17)14-15(2)13(9)10-6-4-3-5-7-10/h10H,3-8H2,1-2H3,(H,16,17). The van der Waals surface area contributed by atoms with E-state index in [0.29, 0.717) is 5.92 Å². The van der Waals surface area contributed by atoms with Gasteiger partial charge in [0.2, 0.25) is 0 Å². The molecule has 0 radical (unpaired) electrons. The Morgan fingerprint density at radius 1 is 1.41 bits per heavy atom. The quantitative estimate of drug-likeness (QED) is 0.876. The Bertz CT molecular complexity index is 417. The van der Waals surface area contributed by atoms with Crippen LogP contribution in [0.1, 0.15) is 55.0 Å². The number of carbonyl (C=O) groups is 1. The Kier molecular flexibility index (Phi) is 3.50. The van der Waals surface area contributed by atoms with Crippen molar-refractivity contribution in [3.05, 3.63) is 17.0 Å². The Balaban J connectivity index is 2.26. The number of rotatable bonds is 3. The minimum Gasteiger partial charge on any atom is -0.481 e. The van der Waals surface area contributed by atoms with Gasteiger partial charge in [-0.2, -0.15) is 5.10 Å². The third-order valence-electron chi connectivity index (χ3n) is 3.75. The van der Waals surface area contributed by atoms with Crippen molar-refractivity contribution >= 4 is 5.97 Å². The van der Waals surface area contributed by atoms with Gasteiger partial charge in [0.1, 0.15) is 0 Å². The molecular weight excluding hydrogens is 216 g/mol. The summed E-state index contributed by atoms with van der Waals surface area (Å²) in [7, 11) is 1.93. The molecule has 1 fully saturated rings. The van der Waals surface area contributed by atoms with E-state index in [0.717, 1.165) is 11.3 Å². The maximum absolute atomic E-state index is 10.8. The van der Waals surface area contributed by atoms with Gasteiger partial charge in [0.15, 0.2) is 0 Å². The Labute approximate surface area is 102 Å². The highest BCUT2D eigenvalue weighted by Gasteiger charge is 2.23. The van der Waals surface area contributed by atoms with Crippen LogP contribution in [-0.2, 0) is 18.3 Å². The molecule has 1 aliphatic carbocycles. The molecule has 0 spiro atoms. The molecule has 1 aromatic heterocycles. The maximum Gasteiger partial charge on any atom is 0.309 e. The predicted molar refractivity (Wildman–Crippen MR) is 65.1 cm³/mol. The van der Waals surface area contributed by atoms with Gasteiger partial charge in [-0.3, -0.25) is 9.48 Å². The van der Waals surface area contributed by atoms with Crippen molar-refractivity contribution in [3.63, 3.8) is 0 Å². The Morgan fingerprint density at radius 2 is 2.06 bits per heavy atom. The van der Waals surface area contributed by atoms with E-state index in [1.54, 1.807) is 0 Å². The maximum atomic E-state index is 10.8. The fraction of sp³-hybridized carbons (Fsp3) is 0.692. The molecule has 94 valence electrons. The van der Waals surface area contributed by atoms with Gasteiger partial charge in [-0.05, 0) is 25.3 Å².